The maximum atomic E-state index is 11.9. The second-order valence-electron chi connectivity index (χ2n) is 6.83. The quantitative estimate of drug-likeness (QED) is 0.806. The molecular formula is C15H22O4. The number of carboxylic acid groups (broad SMARTS) is 2. The van der Waals surface area contributed by atoms with Crippen molar-refractivity contribution in [3.63, 3.8) is 0 Å². The fourth-order valence-electron chi connectivity index (χ4n) is 5.12. The lowest BCUT2D eigenvalue weighted by Gasteiger charge is -2.45. The highest BCUT2D eigenvalue weighted by Crippen LogP contribution is 2.57. The molecule has 6 aliphatic rings. The van der Waals surface area contributed by atoms with E-state index in [0.29, 0.717) is 24.7 Å². The van der Waals surface area contributed by atoms with Crippen LogP contribution in [0.25, 0.3) is 0 Å². The molecule has 3 atom stereocenters. The third-order valence-corrected chi connectivity index (χ3v) is 6.10. The third-order valence-electron chi connectivity index (χ3n) is 6.10. The molecule has 106 valence electrons. The van der Waals surface area contributed by atoms with Crippen LogP contribution in [0.3, 0.4) is 0 Å². The van der Waals surface area contributed by atoms with Gasteiger partial charge < -0.3 is 10.2 Å². The minimum atomic E-state index is -0.988. The molecule has 4 heteroatoms. The molecule has 19 heavy (non-hydrogen) atoms. The fraction of sp³-hybridized carbons (Fsp3) is 0.867. The molecule has 0 aromatic heterocycles. The van der Waals surface area contributed by atoms with Gasteiger partial charge in [-0.05, 0) is 56.3 Å². The molecule has 4 nitrogen and oxygen atoms in total. The minimum absolute atomic E-state index is 0.0707. The number of aliphatic carboxylic acids is 2. The number of carboxylic acids is 2. The van der Waals surface area contributed by atoms with Gasteiger partial charge in [-0.3, -0.25) is 9.59 Å². The Morgan fingerprint density at radius 1 is 0.895 bits per heavy atom. The summed E-state index contributed by atoms with van der Waals surface area (Å²) in [6.45, 7) is 0. The Bertz CT molecular complexity index is 397. The Hall–Kier alpha value is -1.06. The summed E-state index contributed by atoms with van der Waals surface area (Å²) in [5.74, 6) is -1.22. The summed E-state index contributed by atoms with van der Waals surface area (Å²) in [5, 5.41) is 19.3. The second-order valence-corrected chi connectivity index (χ2v) is 6.83. The van der Waals surface area contributed by atoms with Crippen molar-refractivity contribution in [2.45, 2.75) is 51.4 Å². The molecular weight excluding hydrogens is 244 g/mol. The van der Waals surface area contributed by atoms with Crippen LogP contribution in [0, 0.1) is 29.1 Å². The normalized spacial score (nSPS) is 45.3. The van der Waals surface area contributed by atoms with Crippen LogP contribution in [0.2, 0.25) is 0 Å². The van der Waals surface area contributed by atoms with E-state index in [1.165, 1.54) is 0 Å². The molecule has 0 aromatic rings. The van der Waals surface area contributed by atoms with E-state index in [2.05, 4.69) is 0 Å². The van der Waals surface area contributed by atoms with Crippen molar-refractivity contribution in [3.05, 3.63) is 0 Å². The van der Waals surface area contributed by atoms with Crippen LogP contribution in [0.15, 0.2) is 0 Å². The molecule has 4 bridgehead atoms. The number of hydrogen-bond acceptors (Lipinski definition) is 2. The molecule has 0 aromatic carbocycles. The van der Waals surface area contributed by atoms with E-state index >= 15 is 0 Å². The van der Waals surface area contributed by atoms with Crippen LogP contribution >= 0.6 is 0 Å². The molecule has 0 radical (unpaired) electrons. The van der Waals surface area contributed by atoms with Crippen LogP contribution in [0.4, 0.5) is 0 Å². The molecule has 2 N–H and O–H groups in total. The van der Waals surface area contributed by atoms with E-state index in [0.717, 1.165) is 38.5 Å². The van der Waals surface area contributed by atoms with Gasteiger partial charge in [0.2, 0.25) is 0 Å². The monoisotopic (exact) mass is 266 g/mol. The van der Waals surface area contributed by atoms with E-state index in [-0.39, 0.29) is 5.92 Å². The van der Waals surface area contributed by atoms with Crippen LogP contribution in [0.1, 0.15) is 51.4 Å². The van der Waals surface area contributed by atoms with Crippen LogP contribution in [0.5, 0.6) is 0 Å². The predicted octanol–water partition coefficient (Wildman–Crippen LogP) is 2.77. The summed E-state index contributed by atoms with van der Waals surface area (Å²) in [5.41, 5.74) is -0.988. The van der Waals surface area contributed by atoms with E-state index in [9.17, 15) is 19.8 Å². The summed E-state index contributed by atoms with van der Waals surface area (Å²) in [6, 6.07) is 0. The first-order valence-corrected chi connectivity index (χ1v) is 7.50. The fourth-order valence-corrected chi connectivity index (χ4v) is 5.12. The molecule has 6 aliphatic carbocycles. The number of hydrogen-bond donors (Lipinski definition) is 2. The zero-order valence-corrected chi connectivity index (χ0v) is 11.2. The standard InChI is InChI=1S/C15H22O4/c16-13(17)12-8-10-5-6-15(12,14(18)19)11-3-1-9(7-10)2-4-11/h9-12H,1-8H2,(H,16,17)(H,18,19). The molecule has 3 unspecified atom stereocenters. The van der Waals surface area contributed by atoms with Crippen molar-refractivity contribution in [1.29, 1.82) is 0 Å². The average molecular weight is 266 g/mol. The molecule has 0 spiro atoms. The first-order valence-electron chi connectivity index (χ1n) is 7.50. The zero-order chi connectivity index (χ0) is 13.6. The number of carbonyl (C=O) groups is 2. The first-order chi connectivity index (χ1) is 9.04. The van der Waals surface area contributed by atoms with Crippen molar-refractivity contribution in [1.82, 2.24) is 0 Å². The lowest BCUT2D eigenvalue weighted by Crippen LogP contribution is -2.51. The van der Waals surface area contributed by atoms with Crippen molar-refractivity contribution in [2.75, 3.05) is 0 Å². The zero-order valence-electron chi connectivity index (χ0n) is 11.2. The van der Waals surface area contributed by atoms with Crippen LogP contribution in [-0.4, -0.2) is 22.2 Å². The van der Waals surface area contributed by atoms with Crippen molar-refractivity contribution < 1.29 is 19.8 Å². The van der Waals surface area contributed by atoms with Crippen molar-refractivity contribution in [3.8, 4) is 0 Å². The van der Waals surface area contributed by atoms with Gasteiger partial charge in [-0.25, -0.2) is 0 Å². The Morgan fingerprint density at radius 3 is 2.16 bits per heavy atom. The van der Waals surface area contributed by atoms with Gasteiger partial charge in [0.25, 0.3) is 0 Å². The lowest BCUT2D eigenvalue weighted by molar-refractivity contribution is -0.173. The van der Waals surface area contributed by atoms with Gasteiger partial charge in [0.05, 0.1) is 11.3 Å². The summed E-state index contributed by atoms with van der Waals surface area (Å²) in [4.78, 5) is 23.6. The summed E-state index contributed by atoms with van der Waals surface area (Å²) >= 11 is 0. The first kappa shape index (κ1) is 12.9. The maximum Gasteiger partial charge on any atom is 0.310 e. The Labute approximate surface area is 113 Å². The minimum Gasteiger partial charge on any atom is -0.481 e. The van der Waals surface area contributed by atoms with Gasteiger partial charge in [-0.15, -0.1) is 0 Å². The summed E-state index contributed by atoms with van der Waals surface area (Å²) in [7, 11) is 0. The van der Waals surface area contributed by atoms with Gasteiger partial charge in [0, 0.05) is 0 Å². The predicted molar refractivity (Wildman–Crippen MR) is 68.6 cm³/mol. The van der Waals surface area contributed by atoms with E-state index in [1.807, 2.05) is 0 Å². The van der Waals surface area contributed by atoms with E-state index < -0.39 is 23.3 Å². The Morgan fingerprint density at radius 2 is 1.58 bits per heavy atom. The molecule has 0 saturated heterocycles. The van der Waals surface area contributed by atoms with Gasteiger partial charge in [-0.1, -0.05) is 12.8 Å². The highest BCUT2D eigenvalue weighted by atomic mass is 16.4. The van der Waals surface area contributed by atoms with Gasteiger partial charge in [0.15, 0.2) is 0 Å². The average Bonchev–Trinajstić information content (AvgIpc) is 2.57. The molecule has 0 heterocycles. The molecule has 6 saturated carbocycles. The highest BCUT2D eigenvalue weighted by Gasteiger charge is 2.58. The summed E-state index contributed by atoms with van der Waals surface area (Å²) < 4.78 is 0. The maximum absolute atomic E-state index is 11.9. The number of rotatable bonds is 2. The highest BCUT2D eigenvalue weighted by molar-refractivity contribution is 5.84. The smallest absolute Gasteiger partial charge is 0.310 e. The van der Waals surface area contributed by atoms with Gasteiger partial charge in [-0.2, -0.15) is 0 Å². The molecule has 6 fully saturated rings. The van der Waals surface area contributed by atoms with Crippen LogP contribution in [-0.2, 0) is 9.59 Å². The van der Waals surface area contributed by atoms with E-state index in [1.54, 1.807) is 0 Å². The van der Waals surface area contributed by atoms with Crippen molar-refractivity contribution >= 4 is 11.9 Å². The molecule has 0 aliphatic heterocycles. The molecule has 0 amide bonds. The molecule has 6 rings (SSSR count). The second kappa shape index (κ2) is 4.50. The topological polar surface area (TPSA) is 74.6 Å². The van der Waals surface area contributed by atoms with Gasteiger partial charge >= 0.3 is 11.9 Å². The lowest BCUT2D eigenvalue weighted by atomic mass is 9.56. The Balaban J connectivity index is 2.06. The van der Waals surface area contributed by atoms with Crippen LogP contribution < -0.4 is 0 Å². The van der Waals surface area contributed by atoms with E-state index in [4.69, 9.17) is 0 Å². The third kappa shape index (κ3) is 1.87. The van der Waals surface area contributed by atoms with Gasteiger partial charge in [0.1, 0.15) is 0 Å². The SMILES string of the molecule is O=C(O)C1CC2CCC1(C(=O)O)C1CCC(CC1)C2. The summed E-state index contributed by atoms with van der Waals surface area (Å²) in [6.07, 6.45) is 7.19. The van der Waals surface area contributed by atoms with Crippen molar-refractivity contribution in [2.24, 2.45) is 29.1 Å². The Kier molecular flexibility index (Phi) is 3.06. The largest absolute Gasteiger partial charge is 0.481 e.